The van der Waals surface area contributed by atoms with Crippen LogP contribution in [0.1, 0.15) is 11.3 Å². The molecule has 0 spiro atoms. The van der Waals surface area contributed by atoms with E-state index in [-0.39, 0.29) is 5.88 Å². The summed E-state index contributed by atoms with van der Waals surface area (Å²) in [6.45, 7) is 2.86. The number of sulfonamides is 1. The van der Waals surface area contributed by atoms with Crippen molar-refractivity contribution < 1.29 is 8.42 Å². The summed E-state index contributed by atoms with van der Waals surface area (Å²) >= 11 is 7.19. The lowest BCUT2D eigenvalue weighted by atomic mass is 10.4. The van der Waals surface area contributed by atoms with E-state index in [0.29, 0.717) is 18.0 Å². The smallest absolute Gasteiger partial charge is 0.244 e. The molecule has 18 heavy (non-hydrogen) atoms. The maximum atomic E-state index is 12.5. The van der Waals surface area contributed by atoms with Crippen molar-refractivity contribution in [3.05, 3.63) is 16.3 Å². The van der Waals surface area contributed by atoms with Gasteiger partial charge in [0.15, 0.2) is 0 Å². The Morgan fingerprint density at radius 1 is 1.33 bits per heavy atom. The molecule has 0 amide bonds. The number of thiophene rings is 1. The fourth-order valence-corrected chi connectivity index (χ4v) is 5.20. The van der Waals surface area contributed by atoms with E-state index in [1.165, 1.54) is 11.3 Å². The molecule has 0 unspecified atom stereocenters. The molecular weight excluding hydrogens is 292 g/mol. The Labute approximate surface area is 117 Å². The van der Waals surface area contributed by atoms with E-state index in [0.717, 1.165) is 24.4 Å². The average molecular weight is 309 g/mol. The van der Waals surface area contributed by atoms with Gasteiger partial charge in [0.1, 0.15) is 0 Å². The van der Waals surface area contributed by atoms with Crippen LogP contribution in [-0.4, -0.2) is 50.8 Å². The fraction of sp³-hybridized carbons (Fsp3) is 0.636. The van der Waals surface area contributed by atoms with Crippen LogP contribution in [0.25, 0.3) is 0 Å². The highest BCUT2D eigenvalue weighted by molar-refractivity contribution is 7.89. The molecule has 1 aromatic heterocycles. The van der Waals surface area contributed by atoms with Gasteiger partial charge in [0.2, 0.25) is 10.0 Å². The molecule has 4 nitrogen and oxygen atoms in total. The van der Waals surface area contributed by atoms with Crippen LogP contribution in [0, 0.1) is 0 Å². The molecule has 0 saturated carbocycles. The van der Waals surface area contributed by atoms with Crippen molar-refractivity contribution in [2.24, 2.45) is 0 Å². The summed E-state index contributed by atoms with van der Waals surface area (Å²) < 4.78 is 26.7. The predicted molar refractivity (Wildman–Crippen MR) is 74.7 cm³/mol. The Balaban J connectivity index is 2.25. The Morgan fingerprint density at radius 2 is 2.11 bits per heavy atom. The summed E-state index contributed by atoms with van der Waals surface area (Å²) in [6.07, 6.45) is 0.871. The predicted octanol–water partition coefficient (Wildman–Crippen LogP) is 1.81. The molecule has 0 bridgehead atoms. The van der Waals surface area contributed by atoms with E-state index in [4.69, 9.17) is 11.6 Å². The molecule has 0 aliphatic carbocycles. The SMILES string of the molecule is CN1CCCN(S(=O)(=O)c2ccsc2CCl)CC1. The van der Waals surface area contributed by atoms with Gasteiger partial charge in [0.25, 0.3) is 0 Å². The van der Waals surface area contributed by atoms with Crippen molar-refractivity contribution in [1.29, 1.82) is 0 Å². The van der Waals surface area contributed by atoms with E-state index in [2.05, 4.69) is 4.90 Å². The zero-order chi connectivity index (χ0) is 13.2. The van der Waals surface area contributed by atoms with Gasteiger partial charge >= 0.3 is 0 Å². The Morgan fingerprint density at radius 3 is 2.83 bits per heavy atom. The van der Waals surface area contributed by atoms with Crippen molar-refractivity contribution in [1.82, 2.24) is 9.21 Å². The van der Waals surface area contributed by atoms with Crippen LogP contribution >= 0.6 is 22.9 Å². The molecule has 2 heterocycles. The first-order valence-electron chi connectivity index (χ1n) is 5.86. The summed E-state index contributed by atoms with van der Waals surface area (Å²) in [7, 11) is -1.36. The molecule has 1 aliphatic heterocycles. The van der Waals surface area contributed by atoms with Crippen LogP contribution in [0.5, 0.6) is 0 Å². The van der Waals surface area contributed by atoms with Crippen LogP contribution in [0.15, 0.2) is 16.3 Å². The zero-order valence-corrected chi connectivity index (χ0v) is 12.7. The normalized spacial score (nSPS) is 19.9. The average Bonchev–Trinajstić information content (AvgIpc) is 2.72. The molecule has 102 valence electrons. The first-order chi connectivity index (χ1) is 8.55. The van der Waals surface area contributed by atoms with Gasteiger partial charge in [-0.05, 0) is 31.5 Å². The largest absolute Gasteiger partial charge is 0.305 e. The lowest BCUT2D eigenvalue weighted by molar-refractivity contribution is 0.347. The number of nitrogens with zero attached hydrogens (tertiary/aromatic N) is 2. The third-order valence-electron chi connectivity index (χ3n) is 3.12. The van der Waals surface area contributed by atoms with Gasteiger partial charge in [-0.25, -0.2) is 8.42 Å². The van der Waals surface area contributed by atoms with E-state index >= 15 is 0 Å². The number of rotatable bonds is 3. The van der Waals surface area contributed by atoms with Crippen molar-refractivity contribution in [2.45, 2.75) is 17.2 Å². The van der Waals surface area contributed by atoms with E-state index < -0.39 is 10.0 Å². The quantitative estimate of drug-likeness (QED) is 0.800. The minimum Gasteiger partial charge on any atom is -0.305 e. The van der Waals surface area contributed by atoms with Gasteiger partial charge in [-0.1, -0.05) is 0 Å². The molecular formula is C11H17ClN2O2S2. The Bertz CT molecular complexity index is 501. The molecule has 0 radical (unpaired) electrons. The van der Waals surface area contributed by atoms with Gasteiger partial charge in [0, 0.05) is 24.5 Å². The Hall–Kier alpha value is -0.140. The summed E-state index contributed by atoms with van der Waals surface area (Å²) in [5.74, 6) is 0.250. The molecule has 7 heteroatoms. The first kappa shape index (κ1) is 14.3. The first-order valence-corrected chi connectivity index (χ1v) is 8.72. The lowest BCUT2D eigenvalue weighted by Crippen LogP contribution is -2.34. The van der Waals surface area contributed by atoms with Crippen LogP contribution < -0.4 is 0 Å². The maximum Gasteiger partial charge on any atom is 0.244 e. The van der Waals surface area contributed by atoms with E-state index in [1.807, 2.05) is 7.05 Å². The molecule has 1 aromatic rings. The molecule has 0 aromatic carbocycles. The topological polar surface area (TPSA) is 40.6 Å². The minimum absolute atomic E-state index is 0.250. The number of alkyl halides is 1. The summed E-state index contributed by atoms with van der Waals surface area (Å²) in [5.41, 5.74) is 0. The van der Waals surface area contributed by atoms with E-state index in [1.54, 1.807) is 15.8 Å². The monoisotopic (exact) mass is 308 g/mol. The highest BCUT2D eigenvalue weighted by Crippen LogP contribution is 2.27. The second-order valence-electron chi connectivity index (χ2n) is 4.40. The standard InChI is InChI=1S/C11H17ClN2O2S2/c1-13-4-2-5-14(7-6-13)18(15,16)11-3-8-17-10(11)9-12/h3,8H,2,4-7,9H2,1H3. The molecule has 2 rings (SSSR count). The fourth-order valence-electron chi connectivity index (χ4n) is 2.06. The summed E-state index contributed by atoms with van der Waals surface area (Å²) in [6, 6.07) is 1.66. The van der Waals surface area contributed by atoms with Gasteiger partial charge in [0.05, 0.1) is 10.8 Å². The van der Waals surface area contributed by atoms with Crippen LogP contribution in [0.2, 0.25) is 0 Å². The zero-order valence-electron chi connectivity index (χ0n) is 10.3. The van der Waals surface area contributed by atoms with Crippen molar-refractivity contribution in [3.63, 3.8) is 0 Å². The summed E-state index contributed by atoms with van der Waals surface area (Å²) in [5, 5.41) is 1.79. The van der Waals surface area contributed by atoms with Crippen molar-refractivity contribution in [2.75, 3.05) is 33.2 Å². The van der Waals surface area contributed by atoms with Crippen LogP contribution in [0.3, 0.4) is 0 Å². The van der Waals surface area contributed by atoms with Gasteiger partial charge in [-0.3, -0.25) is 0 Å². The summed E-state index contributed by atoms with van der Waals surface area (Å²) in [4.78, 5) is 3.27. The molecule has 1 aliphatic rings. The van der Waals surface area contributed by atoms with E-state index in [9.17, 15) is 8.42 Å². The van der Waals surface area contributed by atoms with Gasteiger partial charge < -0.3 is 4.90 Å². The molecule has 1 saturated heterocycles. The highest BCUT2D eigenvalue weighted by Gasteiger charge is 2.28. The molecule has 0 N–H and O–H groups in total. The van der Waals surface area contributed by atoms with Crippen LogP contribution in [-0.2, 0) is 15.9 Å². The Kier molecular flexibility index (Phi) is 4.66. The highest BCUT2D eigenvalue weighted by atomic mass is 35.5. The third kappa shape index (κ3) is 2.88. The van der Waals surface area contributed by atoms with Crippen LogP contribution in [0.4, 0.5) is 0 Å². The maximum absolute atomic E-state index is 12.5. The minimum atomic E-state index is -3.38. The number of halogens is 1. The van der Waals surface area contributed by atoms with Crippen molar-refractivity contribution >= 4 is 33.0 Å². The number of hydrogen-bond donors (Lipinski definition) is 0. The number of likely N-dealkylation sites (N-methyl/N-ethyl adjacent to an activating group) is 1. The number of hydrogen-bond acceptors (Lipinski definition) is 4. The second-order valence-corrected chi connectivity index (χ2v) is 7.58. The van der Waals surface area contributed by atoms with Gasteiger partial charge in [-0.15, -0.1) is 22.9 Å². The third-order valence-corrected chi connectivity index (χ3v) is 6.58. The van der Waals surface area contributed by atoms with Gasteiger partial charge in [-0.2, -0.15) is 4.31 Å². The lowest BCUT2D eigenvalue weighted by Gasteiger charge is -2.20. The molecule has 0 atom stereocenters. The second kappa shape index (κ2) is 5.88. The van der Waals surface area contributed by atoms with Crippen molar-refractivity contribution in [3.8, 4) is 0 Å². The molecule has 1 fully saturated rings.